The van der Waals surface area contributed by atoms with Gasteiger partial charge >= 0.3 is 5.81 Å². The van der Waals surface area contributed by atoms with E-state index in [1.54, 1.807) is 60.7 Å². The Morgan fingerprint density at radius 1 is 0.571 bits per heavy atom. The first-order chi connectivity index (χ1) is 19.9. The number of rotatable bonds is 8. The lowest BCUT2D eigenvalue weighted by Crippen LogP contribution is -2.45. The summed E-state index contributed by atoms with van der Waals surface area (Å²) in [5, 5.41) is 22.4. The molecule has 1 saturated heterocycles. The van der Waals surface area contributed by atoms with E-state index < -0.39 is 47.8 Å². The summed E-state index contributed by atoms with van der Waals surface area (Å²) in [5.74, 6) is -1.46. The van der Waals surface area contributed by atoms with Crippen molar-refractivity contribution in [2.24, 2.45) is 0 Å². The maximum absolute atomic E-state index is 14.2. The lowest BCUT2D eigenvalue weighted by atomic mass is 9.95. The van der Waals surface area contributed by atoms with E-state index in [0.717, 1.165) is 57.0 Å². The van der Waals surface area contributed by atoms with Crippen molar-refractivity contribution >= 4 is 53.0 Å². The molecule has 0 amide bonds. The van der Waals surface area contributed by atoms with E-state index in [1.165, 1.54) is 0 Å². The highest BCUT2D eigenvalue weighted by atomic mass is 79.9. The van der Waals surface area contributed by atoms with Gasteiger partial charge in [-0.05, 0) is 35.4 Å². The van der Waals surface area contributed by atoms with Crippen molar-refractivity contribution in [1.82, 2.24) is 8.43 Å². The Morgan fingerprint density at radius 3 is 1.17 bits per heavy atom. The van der Waals surface area contributed by atoms with Crippen LogP contribution in [-0.4, -0.2) is 40.9 Å². The van der Waals surface area contributed by atoms with Crippen LogP contribution in [0, 0.1) is 20.2 Å². The second kappa shape index (κ2) is 11.4. The number of nitro benzene ring substituents is 2. The third-order valence-corrected chi connectivity index (χ3v) is 11.9. The Morgan fingerprint density at radius 2 is 0.881 bits per heavy atom. The van der Waals surface area contributed by atoms with E-state index >= 15 is 0 Å². The summed E-state index contributed by atoms with van der Waals surface area (Å²) in [6, 6.07) is 23.4. The monoisotopic (exact) mass is 670 g/mol. The van der Waals surface area contributed by atoms with Gasteiger partial charge in [0.25, 0.3) is 11.4 Å². The predicted octanol–water partition coefficient (Wildman–Crippen LogP) is 5.06. The Labute approximate surface area is 249 Å². The minimum atomic E-state index is -4.49. The van der Waals surface area contributed by atoms with Gasteiger partial charge in [0.1, 0.15) is 0 Å². The lowest BCUT2D eigenvalue weighted by Gasteiger charge is -2.30. The van der Waals surface area contributed by atoms with E-state index in [4.69, 9.17) is 0 Å². The fourth-order valence-corrected chi connectivity index (χ4v) is 9.94. The summed E-state index contributed by atoms with van der Waals surface area (Å²) in [5.41, 5.74) is 0.357. The molecule has 1 aliphatic heterocycles. The molecular weight excluding hydrogens is 651 g/mol. The Hall–Kier alpha value is -3.96. The zero-order valence-electron chi connectivity index (χ0n) is 21.4. The molecule has 1 heterocycles. The number of benzene rings is 4. The lowest BCUT2D eigenvalue weighted by molar-refractivity contribution is -0.385. The number of hydrogen-bond acceptors (Lipinski definition) is 8. The molecule has 1 aliphatic rings. The number of sulfonamides is 2. The van der Waals surface area contributed by atoms with E-state index in [9.17, 15) is 37.1 Å². The molecule has 4 aromatic carbocycles. The molecule has 12 nitrogen and oxygen atoms in total. The number of halogens is 1. The fourth-order valence-electron chi connectivity index (χ4n) is 4.87. The molecule has 0 aliphatic carbocycles. The van der Waals surface area contributed by atoms with Crippen LogP contribution >= 0.6 is 15.8 Å². The van der Waals surface area contributed by atoms with Crippen LogP contribution in [0.15, 0.2) is 119 Å². The van der Waals surface area contributed by atoms with E-state index in [0.29, 0.717) is 11.1 Å². The molecule has 0 aromatic heterocycles. The number of nitro groups is 2. The van der Waals surface area contributed by atoms with Crippen LogP contribution in [0.25, 0.3) is 0 Å². The van der Waals surface area contributed by atoms with Crippen molar-refractivity contribution in [2.75, 3.05) is 0 Å². The zero-order chi connectivity index (χ0) is 30.2. The minimum Gasteiger partial charge on any atom is -0.258 e. The first-order valence-corrected chi connectivity index (χ1v) is 16.0. The van der Waals surface area contributed by atoms with Gasteiger partial charge < -0.3 is 0 Å². The molecule has 1 fully saturated rings. The van der Waals surface area contributed by atoms with Crippen LogP contribution in [-0.2, 0) is 20.0 Å². The third kappa shape index (κ3) is 5.23. The molecule has 0 bridgehead atoms. The fraction of sp³-hybridized carbons (Fsp3) is 0.0769. The average Bonchev–Trinajstić information content (AvgIpc) is 3.32. The molecule has 16 heteroatoms. The number of non-ortho nitro benzene ring substituents is 2. The van der Waals surface area contributed by atoms with Crippen molar-refractivity contribution < 1.29 is 26.7 Å². The van der Waals surface area contributed by atoms with Crippen molar-refractivity contribution in [2.45, 2.75) is 21.9 Å². The molecule has 0 radical (unpaired) electrons. The largest absolute Gasteiger partial charge is 0.420 e. The van der Waals surface area contributed by atoms with Crippen LogP contribution in [0.4, 0.5) is 11.4 Å². The van der Waals surface area contributed by atoms with Crippen molar-refractivity contribution in [3.8, 4) is 0 Å². The number of hydrogen-bond donors (Lipinski definition) is 0. The van der Waals surface area contributed by atoms with E-state index in [-0.39, 0.29) is 21.2 Å². The summed E-state index contributed by atoms with van der Waals surface area (Å²) < 4.78 is 59.0. The van der Waals surface area contributed by atoms with Gasteiger partial charge in [-0.1, -0.05) is 60.7 Å². The third-order valence-electron chi connectivity index (χ3n) is 6.80. The quantitative estimate of drug-likeness (QED) is 0.143. The van der Waals surface area contributed by atoms with Gasteiger partial charge in [-0.2, -0.15) is 8.43 Å². The highest BCUT2D eigenvalue weighted by molar-refractivity contribution is 9.24. The molecule has 0 unspecified atom stereocenters. The molecule has 42 heavy (non-hydrogen) atoms. The van der Waals surface area contributed by atoms with Gasteiger partial charge in [0.05, 0.1) is 31.7 Å². The molecule has 214 valence electrons. The van der Waals surface area contributed by atoms with Crippen LogP contribution in [0.5, 0.6) is 0 Å². The molecular formula is C26H20BBrN4O8S2. The van der Waals surface area contributed by atoms with Crippen LogP contribution in [0.3, 0.4) is 0 Å². The Bertz CT molecular complexity index is 1710. The maximum atomic E-state index is 14.2. The first-order valence-electron chi connectivity index (χ1n) is 12.2. The summed E-state index contributed by atoms with van der Waals surface area (Å²) >= 11 is 3.37. The first kappa shape index (κ1) is 29.5. The SMILES string of the molecule is O=[N+]([O-])c1ccc(S(=O)(=O)N2B(Br)N(S(=O)(=O)c3ccc([N+](=O)[O-])cc3)[C@H](c3ccccc3)[C@H]2c2ccccc2)cc1. The van der Waals surface area contributed by atoms with Crippen molar-refractivity contribution in [1.29, 1.82) is 0 Å². The van der Waals surface area contributed by atoms with Gasteiger partial charge in [0.2, 0.25) is 20.0 Å². The maximum Gasteiger partial charge on any atom is 0.420 e. The Kier molecular flexibility index (Phi) is 8.00. The van der Waals surface area contributed by atoms with Gasteiger partial charge in [-0.25, -0.2) is 16.8 Å². The summed E-state index contributed by atoms with van der Waals surface area (Å²) in [6.45, 7) is 0. The van der Waals surface area contributed by atoms with Crippen molar-refractivity contribution in [3.63, 3.8) is 0 Å². The normalized spacial score (nSPS) is 18.2. The average molecular weight is 671 g/mol. The minimum absolute atomic E-state index is 0.278. The molecule has 0 N–H and O–H groups in total. The summed E-state index contributed by atoms with van der Waals surface area (Å²) in [7, 11) is -8.99. The van der Waals surface area contributed by atoms with E-state index in [1.807, 2.05) is 0 Å². The highest BCUT2D eigenvalue weighted by Gasteiger charge is 2.59. The summed E-state index contributed by atoms with van der Waals surface area (Å²) in [6.07, 6.45) is 0. The molecule has 2 atom stereocenters. The molecule has 4 aromatic rings. The van der Waals surface area contributed by atoms with Crippen LogP contribution in [0.2, 0.25) is 0 Å². The Balaban J connectivity index is 1.74. The molecule has 0 spiro atoms. The predicted molar refractivity (Wildman–Crippen MR) is 157 cm³/mol. The topological polar surface area (TPSA) is 161 Å². The van der Waals surface area contributed by atoms with Gasteiger partial charge in [-0.3, -0.25) is 20.2 Å². The van der Waals surface area contributed by atoms with Gasteiger partial charge in [-0.15, -0.1) is 15.8 Å². The second-order valence-electron chi connectivity index (χ2n) is 9.19. The van der Waals surface area contributed by atoms with Crippen LogP contribution < -0.4 is 0 Å². The van der Waals surface area contributed by atoms with E-state index in [2.05, 4.69) is 15.8 Å². The zero-order valence-corrected chi connectivity index (χ0v) is 24.6. The van der Waals surface area contributed by atoms with Crippen molar-refractivity contribution in [3.05, 3.63) is 141 Å². The molecule has 5 rings (SSSR count). The number of nitrogens with zero attached hydrogens (tertiary/aromatic N) is 4. The molecule has 0 saturated carbocycles. The van der Waals surface area contributed by atoms with Gasteiger partial charge in [0.15, 0.2) is 0 Å². The highest BCUT2D eigenvalue weighted by Crippen LogP contribution is 2.51. The summed E-state index contributed by atoms with van der Waals surface area (Å²) in [4.78, 5) is 20.5. The standard InChI is InChI=1S/C26H20BBrN4O8S2/c28-27-29(41(37,38)23-15-11-21(12-16-23)31(33)34)25(19-7-3-1-4-8-19)26(20-9-5-2-6-10-20)30(27)42(39,40)24-17-13-22(14-18-24)32(35)36/h1-18,25-26H/t25-,26-/m1/s1. The van der Waals surface area contributed by atoms with Crippen LogP contribution in [0.1, 0.15) is 23.2 Å². The van der Waals surface area contributed by atoms with Gasteiger partial charge in [0, 0.05) is 24.3 Å². The second-order valence-corrected chi connectivity index (χ2v) is 13.7. The smallest absolute Gasteiger partial charge is 0.258 e.